The molecule has 0 heterocycles. The lowest BCUT2D eigenvalue weighted by molar-refractivity contribution is 0.00808. The third-order valence-electron chi connectivity index (χ3n) is 3.40. The predicted molar refractivity (Wildman–Crippen MR) is 84.2 cm³/mol. The van der Waals surface area contributed by atoms with Crippen molar-refractivity contribution in [3.05, 3.63) is 22.7 Å². The quantitative estimate of drug-likeness (QED) is 0.529. The highest BCUT2D eigenvalue weighted by molar-refractivity contribution is 6.30. The van der Waals surface area contributed by atoms with E-state index in [1.54, 1.807) is 13.2 Å². The molecule has 0 radical (unpaired) electrons. The largest absolute Gasteiger partial charge is 0.493 e. The summed E-state index contributed by atoms with van der Waals surface area (Å²) in [5.74, 6) is 2.08. The highest BCUT2D eigenvalue weighted by Gasteiger charge is 2.21. The Morgan fingerprint density at radius 3 is 2.81 bits per heavy atom. The normalized spacial score (nSPS) is 14.2. The van der Waals surface area contributed by atoms with Crippen LogP contribution in [0.25, 0.3) is 0 Å². The van der Waals surface area contributed by atoms with Gasteiger partial charge in [-0.2, -0.15) is 0 Å². The second-order valence-corrected chi connectivity index (χ2v) is 5.79. The van der Waals surface area contributed by atoms with Gasteiger partial charge in [-0.15, -0.1) is 0 Å². The first-order valence-electron chi connectivity index (χ1n) is 7.52. The number of hydrogen-bond donors (Lipinski definition) is 1. The van der Waals surface area contributed by atoms with E-state index in [2.05, 4.69) is 12.2 Å². The maximum Gasteiger partial charge on any atom is 0.189 e. The molecule has 1 aromatic rings. The molecule has 0 saturated heterocycles. The Morgan fingerprint density at radius 1 is 1.33 bits per heavy atom. The number of rotatable bonds is 10. The smallest absolute Gasteiger partial charge is 0.189 e. The van der Waals surface area contributed by atoms with E-state index in [0.29, 0.717) is 23.1 Å². The van der Waals surface area contributed by atoms with Crippen LogP contribution in [0.1, 0.15) is 31.7 Å². The van der Waals surface area contributed by atoms with Crippen LogP contribution in [0, 0.1) is 5.92 Å². The van der Waals surface area contributed by atoms with Gasteiger partial charge >= 0.3 is 0 Å². The molecule has 1 aliphatic carbocycles. The Balaban J connectivity index is 1.98. The Labute approximate surface area is 131 Å². The Kier molecular flexibility index (Phi) is 6.61. The fourth-order valence-electron chi connectivity index (χ4n) is 2.07. The zero-order valence-corrected chi connectivity index (χ0v) is 13.5. The maximum absolute atomic E-state index is 6.13. The summed E-state index contributed by atoms with van der Waals surface area (Å²) in [5.41, 5.74) is 0.989. The maximum atomic E-state index is 6.13. The summed E-state index contributed by atoms with van der Waals surface area (Å²) in [5, 5.41) is 4.00. The lowest BCUT2D eigenvalue weighted by atomic mass is 10.2. The second-order valence-electron chi connectivity index (χ2n) is 5.35. The van der Waals surface area contributed by atoms with Crippen LogP contribution in [0.3, 0.4) is 0 Å². The molecule has 1 fully saturated rings. The molecule has 118 valence electrons. The van der Waals surface area contributed by atoms with Gasteiger partial charge in [0.15, 0.2) is 18.3 Å². The van der Waals surface area contributed by atoms with Crippen molar-refractivity contribution in [3.63, 3.8) is 0 Å². The number of ether oxygens (including phenoxy) is 3. The first-order valence-corrected chi connectivity index (χ1v) is 7.90. The van der Waals surface area contributed by atoms with Gasteiger partial charge in [0.25, 0.3) is 0 Å². The Hall–Kier alpha value is -0.970. The van der Waals surface area contributed by atoms with E-state index in [1.807, 2.05) is 6.07 Å². The first-order chi connectivity index (χ1) is 10.2. The summed E-state index contributed by atoms with van der Waals surface area (Å²) in [7, 11) is 1.62. The fraction of sp³-hybridized carbons (Fsp3) is 0.625. The zero-order chi connectivity index (χ0) is 15.1. The van der Waals surface area contributed by atoms with E-state index < -0.39 is 0 Å². The van der Waals surface area contributed by atoms with Gasteiger partial charge in [-0.3, -0.25) is 0 Å². The third kappa shape index (κ3) is 5.38. The van der Waals surface area contributed by atoms with Crippen molar-refractivity contribution >= 4 is 11.6 Å². The fourth-order valence-corrected chi connectivity index (χ4v) is 2.30. The molecule has 5 heteroatoms. The standard InChI is InChI=1S/C16H24ClNO3/c1-3-6-18-9-13-7-14(17)8-15(19-2)16(13)21-11-20-10-12-4-5-12/h7-8,12,18H,3-6,9-11H2,1-2H3. The predicted octanol–water partition coefficient (Wildman–Crippen LogP) is 3.61. The molecule has 1 aliphatic rings. The van der Waals surface area contributed by atoms with Crippen molar-refractivity contribution in [1.82, 2.24) is 5.32 Å². The molecule has 1 saturated carbocycles. The van der Waals surface area contributed by atoms with Crippen molar-refractivity contribution in [1.29, 1.82) is 0 Å². The van der Waals surface area contributed by atoms with Crippen molar-refractivity contribution in [3.8, 4) is 11.5 Å². The molecular weight excluding hydrogens is 290 g/mol. The van der Waals surface area contributed by atoms with Gasteiger partial charge in [-0.1, -0.05) is 18.5 Å². The SMILES string of the molecule is CCCNCc1cc(Cl)cc(OC)c1OCOCC1CC1. The zero-order valence-electron chi connectivity index (χ0n) is 12.8. The molecule has 0 bridgehead atoms. The van der Waals surface area contributed by atoms with Crippen molar-refractivity contribution in [2.75, 3.05) is 27.1 Å². The number of halogens is 1. The van der Waals surface area contributed by atoms with Gasteiger partial charge in [0, 0.05) is 23.2 Å². The van der Waals surface area contributed by atoms with E-state index in [4.69, 9.17) is 25.8 Å². The minimum atomic E-state index is 0.245. The van der Waals surface area contributed by atoms with E-state index >= 15 is 0 Å². The topological polar surface area (TPSA) is 39.7 Å². The van der Waals surface area contributed by atoms with Crippen LogP contribution in [-0.2, 0) is 11.3 Å². The van der Waals surface area contributed by atoms with Gasteiger partial charge < -0.3 is 19.5 Å². The van der Waals surface area contributed by atoms with Gasteiger partial charge in [0.1, 0.15) is 0 Å². The van der Waals surface area contributed by atoms with E-state index in [1.165, 1.54) is 12.8 Å². The third-order valence-corrected chi connectivity index (χ3v) is 3.61. The lowest BCUT2D eigenvalue weighted by Crippen LogP contribution is -2.16. The Morgan fingerprint density at radius 2 is 2.14 bits per heavy atom. The van der Waals surface area contributed by atoms with Gasteiger partial charge in [-0.05, 0) is 37.8 Å². The van der Waals surface area contributed by atoms with E-state index in [0.717, 1.165) is 31.1 Å². The molecular formula is C16H24ClNO3. The van der Waals surface area contributed by atoms with Gasteiger partial charge in [-0.25, -0.2) is 0 Å². The molecule has 4 nitrogen and oxygen atoms in total. The first kappa shape index (κ1) is 16.4. The molecule has 2 rings (SSSR count). The highest BCUT2D eigenvalue weighted by Crippen LogP contribution is 2.35. The Bertz CT molecular complexity index is 449. The summed E-state index contributed by atoms with van der Waals surface area (Å²) in [6, 6.07) is 3.67. The summed E-state index contributed by atoms with van der Waals surface area (Å²) in [6.45, 7) is 4.80. The summed E-state index contributed by atoms with van der Waals surface area (Å²) < 4.78 is 16.7. The molecule has 0 amide bonds. The average Bonchev–Trinajstić information content (AvgIpc) is 3.29. The van der Waals surface area contributed by atoms with Crippen LogP contribution in [0.4, 0.5) is 0 Å². The van der Waals surface area contributed by atoms with Crippen molar-refractivity contribution < 1.29 is 14.2 Å². The molecule has 0 aliphatic heterocycles. The summed E-state index contributed by atoms with van der Waals surface area (Å²) >= 11 is 6.13. The molecule has 21 heavy (non-hydrogen) atoms. The summed E-state index contributed by atoms with van der Waals surface area (Å²) in [4.78, 5) is 0. The minimum absolute atomic E-state index is 0.245. The number of benzene rings is 1. The molecule has 1 aromatic carbocycles. The molecule has 1 N–H and O–H groups in total. The molecule has 0 unspecified atom stereocenters. The van der Waals surface area contributed by atoms with Crippen LogP contribution in [-0.4, -0.2) is 27.1 Å². The summed E-state index contributed by atoms with van der Waals surface area (Å²) in [6.07, 6.45) is 3.63. The van der Waals surface area contributed by atoms with Crippen LogP contribution in [0.2, 0.25) is 5.02 Å². The molecule has 0 aromatic heterocycles. The molecule has 0 atom stereocenters. The second kappa shape index (κ2) is 8.47. The van der Waals surface area contributed by atoms with Crippen LogP contribution in [0.15, 0.2) is 12.1 Å². The number of hydrogen-bond acceptors (Lipinski definition) is 4. The number of methoxy groups -OCH3 is 1. The van der Waals surface area contributed by atoms with E-state index in [-0.39, 0.29) is 6.79 Å². The van der Waals surface area contributed by atoms with Crippen molar-refractivity contribution in [2.45, 2.75) is 32.7 Å². The van der Waals surface area contributed by atoms with Crippen LogP contribution >= 0.6 is 11.6 Å². The number of nitrogens with one attached hydrogen (secondary N) is 1. The van der Waals surface area contributed by atoms with Gasteiger partial charge in [0.2, 0.25) is 0 Å². The monoisotopic (exact) mass is 313 g/mol. The van der Waals surface area contributed by atoms with Gasteiger partial charge in [0.05, 0.1) is 13.7 Å². The van der Waals surface area contributed by atoms with E-state index in [9.17, 15) is 0 Å². The molecule has 0 spiro atoms. The average molecular weight is 314 g/mol. The highest BCUT2D eigenvalue weighted by atomic mass is 35.5. The van der Waals surface area contributed by atoms with Crippen LogP contribution in [0.5, 0.6) is 11.5 Å². The lowest BCUT2D eigenvalue weighted by Gasteiger charge is -2.16. The van der Waals surface area contributed by atoms with Crippen molar-refractivity contribution in [2.24, 2.45) is 5.92 Å². The van der Waals surface area contributed by atoms with Crippen LogP contribution < -0.4 is 14.8 Å². The minimum Gasteiger partial charge on any atom is -0.493 e.